The Bertz CT molecular complexity index is 798. The lowest BCUT2D eigenvalue weighted by Gasteiger charge is -2.12. The maximum absolute atomic E-state index is 11.3. The summed E-state index contributed by atoms with van der Waals surface area (Å²) in [5, 5.41) is 21.7. The zero-order valence-electron chi connectivity index (χ0n) is 11.3. The molecule has 1 unspecified atom stereocenters. The Labute approximate surface area is 123 Å². The van der Waals surface area contributed by atoms with Gasteiger partial charge in [-0.05, 0) is 19.9 Å². The zero-order valence-corrected chi connectivity index (χ0v) is 12.1. The van der Waals surface area contributed by atoms with Crippen molar-refractivity contribution >= 4 is 32.9 Å². The number of H-pyrrole nitrogens is 1. The molecule has 0 aliphatic carbocycles. The molecule has 0 fully saturated rings. The average molecular weight is 304 g/mol. The molecular weight excluding hydrogens is 292 g/mol. The van der Waals surface area contributed by atoms with Crippen molar-refractivity contribution in [3.8, 4) is 0 Å². The number of aromatic amines is 1. The Kier molecular flexibility index (Phi) is 3.26. The average Bonchev–Trinajstić information content (AvgIpc) is 3.05. The number of anilines is 1. The highest BCUT2D eigenvalue weighted by atomic mass is 32.1. The van der Waals surface area contributed by atoms with E-state index >= 15 is 0 Å². The monoisotopic (exact) mass is 304 g/mol. The van der Waals surface area contributed by atoms with Crippen LogP contribution in [0.15, 0.2) is 18.5 Å². The third kappa shape index (κ3) is 2.55. The van der Waals surface area contributed by atoms with E-state index in [0.29, 0.717) is 11.5 Å². The fourth-order valence-electron chi connectivity index (χ4n) is 2.07. The number of fused-ring (bicyclic) bond motifs is 1. The number of hydrogen-bond acceptors (Lipinski definition) is 7. The topological polar surface area (TPSA) is 110 Å². The molecule has 21 heavy (non-hydrogen) atoms. The fraction of sp³-hybridized carbons (Fsp3) is 0.250. The molecule has 0 spiro atoms. The molecule has 0 amide bonds. The molecule has 0 saturated carbocycles. The van der Waals surface area contributed by atoms with Crippen LogP contribution in [0.2, 0.25) is 0 Å². The third-order valence-corrected chi connectivity index (χ3v) is 3.96. The van der Waals surface area contributed by atoms with Crippen LogP contribution in [0, 0.1) is 17.0 Å². The largest absolute Gasteiger partial charge is 0.370 e. The van der Waals surface area contributed by atoms with Crippen LogP contribution in [0.4, 0.5) is 11.4 Å². The van der Waals surface area contributed by atoms with Gasteiger partial charge in [-0.2, -0.15) is 5.10 Å². The summed E-state index contributed by atoms with van der Waals surface area (Å²) >= 11 is 1.44. The van der Waals surface area contributed by atoms with E-state index in [-0.39, 0.29) is 11.7 Å². The van der Waals surface area contributed by atoms with Gasteiger partial charge in [0.05, 0.1) is 26.2 Å². The molecule has 3 aromatic rings. The molecule has 1 aromatic carbocycles. The lowest BCUT2D eigenvalue weighted by atomic mass is 10.2. The Hall–Kier alpha value is -2.55. The van der Waals surface area contributed by atoms with Crippen LogP contribution in [-0.2, 0) is 0 Å². The molecule has 3 rings (SSSR count). The van der Waals surface area contributed by atoms with E-state index in [1.54, 1.807) is 12.1 Å². The van der Waals surface area contributed by atoms with Crippen molar-refractivity contribution in [1.82, 2.24) is 20.2 Å². The number of benzene rings is 1. The first kappa shape index (κ1) is 13.4. The van der Waals surface area contributed by atoms with Crippen molar-refractivity contribution < 1.29 is 4.92 Å². The number of rotatable bonds is 4. The van der Waals surface area contributed by atoms with Crippen LogP contribution in [0.25, 0.3) is 10.2 Å². The molecule has 1 atom stereocenters. The molecule has 108 valence electrons. The number of thiazole rings is 1. The van der Waals surface area contributed by atoms with E-state index in [1.165, 1.54) is 17.7 Å². The van der Waals surface area contributed by atoms with Gasteiger partial charge in [-0.1, -0.05) is 0 Å². The van der Waals surface area contributed by atoms with E-state index in [9.17, 15) is 10.1 Å². The Morgan fingerprint density at radius 3 is 2.95 bits per heavy atom. The van der Waals surface area contributed by atoms with Crippen LogP contribution < -0.4 is 5.32 Å². The number of nitrogens with zero attached hydrogens (tertiary/aromatic N) is 4. The number of nitro groups is 1. The molecule has 9 heteroatoms. The van der Waals surface area contributed by atoms with Crippen molar-refractivity contribution in [2.75, 3.05) is 5.32 Å². The summed E-state index contributed by atoms with van der Waals surface area (Å²) in [6, 6.07) is 3.02. The molecule has 2 heterocycles. The molecule has 0 saturated heterocycles. The number of hydrogen-bond donors (Lipinski definition) is 2. The van der Waals surface area contributed by atoms with Crippen LogP contribution >= 0.6 is 11.3 Å². The smallest absolute Gasteiger partial charge is 0.293 e. The minimum atomic E-state index is -0.399. The van der Waals surface area contributed by atoms with E-state index in [1.807, 2.05) is 13.8 Å². The summed E-state index contributed by atoms with van der Waals surface area (Å²) in [5.41, 5.74) is 1.19. The minimum absolute atomic E-state index is 0.0255. The van der Waals surface area contributed by atoms with E-state index in [4.69, 9.17) is 0 Å². The van der Waals surface area contributed by atoms with Gasteiger partial charge in [-0.3, -0.25) is 15.2 Å². The maximum Gasteiger partial charge on any atom is 0.293 e. The van der Waals surface area contributed by atoms with Crippen molar-refractivity contribution in [2.45, 2.75) is 19.9 Å². The Balaban J connectivity index is 2.03. The summed E-state index contributed by atoms with van der Waals surface area (Å²) in [7, 11) is 0. The second-order valence-electron chi connectivity index (χ2n) is 4.56. The highest BCUT2D eigenvalue weighted by Crippen LogP contribution is 2.34. The Morgan fingerprint density at radius 1 is 1.48 bits per heavy atom. The molecule has 2 aromatic heterocycles. The summed E-state index contributed by atoms with van der Waals surface area (Å²) in [6.07, 6.45) is 1.40. The van der Waals surface area contributed by atoms with Gasteiger partial charge in [0, 0.05) is 6.07 Å². The summed E-state index contributed by atoms with van der Waals surface area (Å²) in [6.45, 7) is 3.72. The predicted octanol–water partition coefficient (Wildman–Crippen LogP) is 2.80. The highest BCUT2D eigenvalue weighted by molar-refractivity contribution is 7.18. The lowest BCUT2D eigenvalue weighted by molar-refractivity contribution is -0.383. The molecule has 0 aliphatic rings. The second kappa shape index (κ2) is 5.09. The van der Waals surface area contributed by atoms with E-state index < -0.39 is 4.92 Å². The van der Waals surface area contributed by atoms with Crippen molar-refractivity contribution in [3.05, 3.63) is 39.4 Å². The lowest BCUT2D eigenvalue weighted by Crippen LogP contribution is -2.10. The first-order valence-electron chi connectivity index (χ1n) is 6.22. The predicted molar refractivity (Wildman–Crippen MR) is 79.4 cm³/mol. The van der Waals surface area contributed by atoms with Gasteiger partial charge in [0.1, 0.15) is 17.8 Å². The summed E-state index contributed by atoms with van der Waals surface area (Å²) in [4.78, 5) is 19.3. The fourth-order valence-corrected chi connectivity index (χ4v) is 2.91. The number of nitrogens with one attached hydrogen (secondary N) is 2. The van der Waals surface area contributed by atoms with Gasteiger partial charge in [0.25, 0.3) is 5.69 Å². The zero-order chi connectivity index (χ0) is 15.0. The second-order valence-corrected chi connectivity index (χ2v) is 5.80. The van der Waals surface area contributed by atoms with Crippen LogP contribution in [0.1, 0.15) is 23.8 Å². The molecule has 8 nitrogen and oxygen atoms in total. The quantitative estimate of drug-likeness (QED) is 0.566. The molecule has 2 N–H and O–H groups in total. The van der Waals surface area contributed by atoms with E-state index in [0.717, 1.165) is 15.2 Å². The van der Waals surface area contributed by atoms with Crippen molar-refractivity contribution in [2.24, 2.45) is 0 Å². The summed E-state index contributed by atoms with van der Waals surface area (Å²) in [5.74, 6) is 0.610. The Morgan fingerprint density at radius 2 is 2.29 bits per heavy atom. The SMILES string of the molecule is Cc1nc2cc(NC(C)c3ncn[nH]3)c([N+](=O)[O-])cc2s1. The first-order chi connectivity index (χ1) is 10.0. The molecule has 0 aliphatic heterocycles. The first-order valence-corrected chi connectivity index (χ1v) is 7.03. The highest BCUT2D eigenvalue weighted by Gasteiger charge is 2.19. The van der Waals surface area contributed by atoms with Crippen LogP contribution in [0.5, 0.6) is 0 Å². The number of aromatic nitrogens is 4. The van der Waals surface area contributed by atoms with Crippen LogP contribution in [0.3, 0.4) is 0 Å². The van der Waals surface area contributed by atoms with Gasteiger partial charge in [0.2, 0.25) is 0 Å². The normalized spacial score (nSPS) is 12.5. The van der Waals surface area contributed by atoms with Gasteiger partial charge >= 0.3 is 0 Å². The third-order valence-electron chi connectivity index (χ3n) is 3.03. The van der Waals surface area contributed by atoms with E-state index in [2.05, 4.69) is 25.5 Å². The molecular formula is C12H12N6O2S. The molecule has 0 bridgehead atoms. The maximum atomic E-state index is 11.3. The minimum Gasteiger partial charge on any atom is -0.370 e. The standard InChI is InChI=1S/C12H12N6O2S/c1-6(12-13-5-14-17-12)15-8-3-9-11(21-7(2)16-9)4-10(8)18(19)20/h3-6,15H,1-2H3,(H,13,14,17). The van der Waals surface area contributed by atoms with Crippen LogP contribution in [-0.4, -0.2) is 25.1 Å². The van der Waals surface area contributed by atoms with Gasteiger partial charge in [-0.15, -0.1) is 11.3 Å². The van der Waals surface area contributed by atoms with Gasteiger partial charge in [0.15, 0.2) is 0 Å². The summed E-state index contributed by atoms with van der Waals surface area (Å²) < 4.78 is 0.803. The van der Waals surface area contributed by atoms with Gasteiger partial charge in [-0.25, -0.2) is 9.97 Å². The number of nitro benzene ring substituents is 1. The van der Waals surface area contributed by atoms with Crippen molar-refractivity contribution in [3.63, 3.8) is 0 Å². The molecule has 0 radical (unpaired) electrons. The number of aryl methyl sites for hydroxylation is 1. The van der Waals surface area contributed by atoms with Gasteiger partial charge < -0.3 is 5.32 Å². The van der Waals surface area contributed by atoms with Crippen molar-refractivity contribution in [1.29, 1.82) is 0 Å².